The van der Waals surface area contributed by atoms with Gasteiger partial charge in [0.2, 0.25) is 5.91 Å². The van der Waals surface area contributed by atoms with Crippen molar-refractivity contribution in [2.45, 2.75) is 0 Å². The van der Waals surface area contributed by atoms with Crippen LogP contribution in [0.2, 0.25) is 0 Å². The summed E-state index contributed by atoms with van der Waals surface area (Å²) in [5.41, 5.74) is 6.34. The van der Waals surface area contributed by atoms with E-state index in [1.807, 2.05) is 0 Å². The van der Waals surface area contributed by atoms with Gasteiger partial charge in [0.25, 0.3) is 5.91 Å². The molecule has 2 amide bonds. The highest BCUT2D eigenvalue weighted by atomic mass is 19.1. The number of rotatable bonds is 4. The third kappa shape index (κ3) is 4.01. The second kappa shape index (κ2) is 6.47. The maximum Gasteiger partial charge on any atom is 0.250 e. The molecule has 0 spiro atoms. The fraction of sp³-hybridized carbons (Fsp3) is 0. The first-order chi connectivity index (χ1) is 10.1. The van der Waals surface area contributed by atoms with Gasteiger partial charge in [-0.1, -0.05) is 24.3 Å². The molecule has 3 N–H and O–H groups in total. The van der Waals surface area contributed by atoms with Crippen LogP contribution in [0.4, 0.5) is 10.1 Å². The SMILES string of the molecule is NC(=O)c1ccccc1NC(=O)C=Cc1cccc(F)c1. The third-order valence-electron chi connectivity index (χ3n) is 2.73. The zero-order valence-corrected chi connectivity index (χ0v) is 11.0. The lowest BCUT2D eigenvalue weighted by Gasteiger charge is -2.06. The summed E-state index contributed by atoms with van der Waals surface area (Å²) >= 11 is 0. The number of primary amides is 1. The Morgan fingerprint density at radius 1 is 1.10 bits per heavy atom. The monoisotopic (exact) mass is 284 g/mol. The summed E-state index contributed by atoms with van der Waals surface area (Å²) in [6, 6.07) is 12.3. The largest absolute Gasteiger partial charge is 0.366 e. The Hall–Kier alpha value is -2.95. The summed E-state index contributed by atoms with van der Waals surface area (Å²) < 4.78 is 13.0. The van der Waals surface area contributed by atoms with E-state index in [4.69, 9.17) is 5.73 Å². The molecule has 0 aliphatic carbocycles. The van der Waals surface area contributed by atoms with Gasteiger partial charge in [-0.25, -0.2) is 4.39 Å². The number of hydrogen-bond donors (Lipinski definition) is 2. The van der Waals surface area contributed by atoms with Crippen LogP contribution in [0.3, 0.4) is 0 Å². The van der Waals surface area contributed by atoms with E-state index in [2.05, 4.69) is 5.32 Å². The predicted molar refractivity (Wildman–Crippen MR) is 79.0 cm³/mol. The molecule has 4 nitrogen and oxygen atoms in total. The minimum absolute atomic E-state index is 0.227. The number of nitrogens with one attached hydrogen (secondary N) is 1. The molecule has 0 aliphatic rings. The van der Waals surface area contributed by atoms with Crippen LogP contribution in [0.25, 0.3) is 6.08 Å². The molecule has 21 heavy (non-hydrogen) atoms. The van der Waals surface area contributed by atoms with E-state index in [9.17, 15) is 14.0 Å². The number of nitrogens with two attached hydrogens (primary N) is 1. The van der Waals surface area contributed by atoms with Gasteiger partial charge < -0.3 is 11.1 Å². The van der Waals surface area contributed by atoms with Crippen molar-refractivity contribution >= 4 is 23.6 Å². The van der Waals surface area contributed by atoms with Gasteiger partial charge in [0.05, 0.1) is 11.3 Å². The fourth-order valence-electron chi connectivity index (χ4n) is 1.76. The molecule has 2 aromatic rings. The van der Waals surface area contributed by atoms with E-state index >= 15 is 0 Å². The van der Waals surface area contributed by atoms with Crippen LogP contribution in [0.5, 0.6) is 0 Å². The normalized spacial score (nSPS) is 10.5. The molecule has 0 saturated carbocycles. The number of carbonyl (C=O) groups excluding carboxylic acids is 2. The van der Waals surface area contributed by atoms with Crippen molar-refractivity contribution in [1.82, 2.24) is 0 Å². The minimum Gasteiger partial charge on any atom is -0.366 e. The van der Waals surface area contributed by atoms with E-state index in [1.165, 1.54) is 30.4 Å². The van der Waals surface area contributed by atoms with Gasteiger partial charge in [-0.15, -0.1) is 0 Å². The van der Waals surface area contributed by atoms with Crippen LogP contribution in [0, 0.1) is 5.82 Å². The van der Waals surface area contributed by atoms with Crippen LogP contribution in [-0.2, 0) is 4.79 Å². The Balaban J connectivity index is 2.10. The van der Waals surface area contributed by atoms with Gasteiger partial charge >= 0.3 is 0 Å². The molecule has 0 aliphatic heterocycles. The number of amides is 2. The van der Waals surface area contributed by atoms with Gasteiger partial charge in [-0.2, -0.15) is 0 Å². The van der Waals surface area contributed by atoms with E-state index in [0.29, 0.717) is 11.3 Å². The first-order valence-electron chi connectivity index (χ1n) is 6.20. The van der Waals surface area contributed by atoms with Gasteiger partial charge in [-0.3, -0.25) is 9.59 Å². The average molecular weight is 284 g/mol. The molecule has 0 unspecified atom stereocenters. The van der Waals surface area contributed by atoms with Gasteiger partial charge in [-0.05, 0) is 35.9 Å². The molecule has 2 aromatic carbocycles. The van der Waals surface area contributed by atoms with Crippen LogP contribution in [0.1, 0.15) is 15.9 Å². The lowest BCUT2D eigenvalue weighted by atomic mass is 10.1. The molecule has 0 bridgehead atoms. The quantitative estimate of drug-likeness (QED) is 0.847. The second-order valence-electron chi connectivity index (χ2n) is 4.29. The molecule has 0 radical (unpaired) electrons. The molecule has 0 aromatic heterocycles. The number of anilines is 1. The topological polar surface area (TPSA) is 72.2 Å². The Bertz CT molecular complexity index is 711. The molecule has 0 saturated heterocycles. The highest BCUT2D eigenvalue weighted by molar-refractivity contribution is 6.07. The Labute approximate surface area is 121 Å². The number of halogens is 1. The number of benzene rings is 2. The van der Waals surface area contributed by atoms with Crippen LogP contribution in [-0.4, -0.2) is 11.8 Å². The standard InChI is InChI=1S/C16H13FN2O2/c17-12-5-3-4-11(10-12)8-9-15(20)19-14-7-2-1-6-13(14)16(18)21/h1-10H,(H2,18,21)(H,19,20). The summed E-state index contributed by atoms with van der Waals surface area (Å²) in [6.07, 6.45) is 2.73. The van der Waals surface area contributed by atoms with Crippen molar-refractivity contribution in [3.05, 3.63) is 71.6 Å². The van der Waals surface area contributed by atoms with E-state index in [-0.39, 0.29) is 11.4 Å². The summed E-state index contributed by atoms with van der Waals surface area (Å²) in [5.74, 6) is -1.44. The fourth-order valence-corrected chi connectivity index (χ4v) is 1.76. The van der Waals surface area contributed by atoms with Gasteiger partial charge in [0.1, 0.15) is 5.82 Å². The van der Waals surface area contributed by atoms with Crippen molar-refractivity contribution in [3.63, 3.8) is 0 Å². The summed E-state index contributed by atoms with van der Waals surface area (Å²) in [6.45, 7) is 0. The second-order valence-corrected chi connectivity index (χ2v) is 4.29. The first-order valence-corrected chi connectivity index (χ1v) is 6.20. The third-order valence-corrected chi connectivity index (χ3v) is 2.73. The molecule has 0 heterocycles. The Kier molecular flexibility index (Phi) is 4.46. The summed E-state index contributed by atoms with van der Waals surface area (Å²) in [4.78, 5) is 23.0. The zero-order chi connectivity index (χ0) is 15.2. The van der Waals surface area contributed by atoms with E-state index < -0.39 is 11.8 Å². The van der Waals surface area contributed by atoms with Crippen molar-refractivity contribution < 1.29 is 14.0 Å². The maximum atomic E-state index is 13.0. The molecular weight excluding hydrogens is 271 g/mol. The van der Waals surface area contributed by atoms with Crippen molar-refractivity contribution in [2.75, 3.05) is 5.32 Å². The number of carbonyl (C=O) groups is 2. The predicted octanol–water partition coefficient (Wildman–Crippen LogP) is 2.58. The average Bonchev–Trinajstić information content (AvgIpc) is 2.45. The lowest BCUT2D eigenvalue weighted by molar-refractivity contribution is -0.111. The van der Waals surface area contributed by atoms with Crippen molar-refractivity contribution in [3.8, 4) is 0 Å². The summed E-state index contributed by atoms with van der Waals surface area (Å²) in [7, 11) is 0. The summed E-state index contributed by atoms with van der Waals surface area (Å²) in [5, 5.41) is 2.56. The molecule has 106 valence electrons. The smallest absolute Gasteiger partial charge is 0.250 e. The van der Waals surface area contributed by atoms with Crippen LogP contribution >= 0.6 is 0 Å². The van der Waals surface area contributed by atoms with E-state index in [1.54, 1.807) is 30.3 Å². The Morgan fingerprint density at radius 3 is 2.57 bits per heavy atom. The maximum absolute atomic E-state index is 13.0. The van der Waals surface area contributed by atoms with E-state index in [0.717, 1.165) is 0 Å². The van der Waals surface area contributed by atoms with Crippen LogP contribution in [0.15, 0.2) is 54.6 Å². The molecule has 5 heteroatoms. The lowest BCUT2D eigenvalue weighted by Crippen LogP contribution is -2.16. The highest BCUT2D eigenvalue weighted by Gasteiger charge is 2.08. The minimum atomic E-state index is -0.625. The number of hydrogen-bond acceptors (Lipinski definition) is 2. The molecule has 0 fully saturated rings. The molecule has 2 rings (SSSR count). The highest BCUT2D eigenvalue weighted by Crippen LogP contribution is 2.14. The molecular formula is C16H13FN2O2. The van der Waals surface area contributed by atoms with Gasteiger partial charge in [0.15, 0.2) is 0 Å². The van der Waals surface area contributed by atoms with Crippen LogP contribution < -0.4 is 11.1 Å². The van der Waals surface area contributed by atoms with Gasteiger partial charge in [0, 0.05) is 6.08 Å². The molecule has 0 atom stereocenters. The first kappa shape index (κ1) is 14.5. The van der Waals surface area contributed by atoms with Crippen molar-refractivity contribution in [1.29, 1.82) is 0 Å². The number of para-hydroxylation sites is 1. The Morgan fingerprint density at radius 2 is 1.86 bits per heavy atom. The zero-order valence-electron chi connectivity index (χ0n) is 11.0. The van der Waals surface area contributed by atoms with Crippen molar-refractivity contribution in [2.24, 2.45) is 5.73 Å².